The second-order valence-corrected chi connectivity index (χ2v) is 6.41. The zero-order chi connectivity index (χ0) is 19.3. The monoisotopic (exact) mass is 376 g/mol. The Balaban J connectivity index is 1.39. The lowest BCUT2D eigenvalue weighted by molar-refractivity contribution is 0.0934. The van der Waals surface area contributed by atoms with Gasteiger partial charge in [-0.25, -0.2) is 9.97 Å². The number of ether oxygens (including phenoxy) is 2. The van der Waals surface area contributed by atoms with Crippen molar-refractivity contribution in [3.63, 3.8) is 0 Å². The summed E-state index contributed by atoms with van der Waals surface area (Å²) in [4.78, 5) is 21.0. The summed E-state index contributed by atoms with van der Waals surface area (Å²) < 4.78 is 10.7. The van der Waals surface area contributed by atoms with Gasteiger partial charge in [-0.1, -0.05) is 36.4 Å². The second-order valence-electron chi connectivity index (χ2n) is 6.41. The van der Waals surface area contributed by atoms with Gasteiger partial charge in [-0.2, -0.15) is 0 Å². The van der Waals surface area contributed by atoms with Crippen LogP contribution in [0.5, 0.6) is 11.5 Å². The Bertz CT molecular complexity index is 978. The lowest BCUT2D eigenvalue weighted by Crippen LogP contribution is -2.27. The second kappa shape index (κ2) is 7.96. The fourth-order valence-electron chi connectivity index (χ4n) is 2.90. The molecule has 1 atom stereocenters. The molecule has 1 aliphatic heterocycles. The SMILES string of the molecule is CC(NC(=O)c1ccnc(NCc2ccc3c(c2)OCO3)n1)c1ccccc1. The average molecular weight is 376 g/mol. The van der Waals surface area contributed by atoms with Gasteiger partial charge in [-0.3, -0.25) is 4.79 Å². The maximum Gasteiger partial charge on any atom is 0.270 e. The molecule has 142 valence electrons. The zero-order valence-electron chi connectivity index (χ0n) is 15.4. The molecule has 2 heterocycles. The number of fused-ring (bicyclic) bond motifs is 1. The van der Waals surface area contributed by atoms with Gasteiger partial charge < -0.3 is 20.1 Å². The highest BCUT2D eigenvalue weighted by molar-refractivity contribution is 5.92. The quantitative estimate of drug-likeness (QED) is 0.687. The Morgan fingerprint density at radius 1 is 1.11 bits per heavy atom. The number of carbonyl (C=O) groups excluding carboxylic acids is 1. The minimum atomic E-state index is -0.245. The topological polar surface area (TPSA) is 85.4 Å². The highest BCUT2D eigenvalue weighted by Crippen LogP contribution is 2.32. The summed E-state index contributed by atoms with van der Waals surface area (Å²) in [6, 6.07) is 17.0. The Morgan fingerprint density at radius 2 is 1.93 bits per heavy atom. The van der Waals surface area contributed by atoms with Gasteiger partial charge in [0.15, 0.2) is 11.5 Å². The highest BCUT2D eigenvalue weighted by Gasteiger charge is 2.15. The molecule has 2 aromatic carbocycles. The van der Waals surface area contributed by atoms with Crippen LogP contribution in [0.4, 0.5) is 5.95 Å². The summed E-state index contributed by atoms with van der Waals surface area (Å²) in [5, 5.41) is 6.09. The van der Waals surface area contributed by atoms with Crippen molar-refractivity contribution in [3.8, 4) is 11.5 Å². The lowest BCUT2D eigenvalue weighted by Gasteiger charge is -2.14. The predicted octanol–water partition coefficient (Wildman–Crippen LogP) is 3.31. The van der Waals surface area contributed by atoms with Crippen molar-refractivity contribution in [2.24, 2.45) is 0 Å². The minimum Gasteiger partial charge on any atom is -0.454 e. The Labute approximate surface area is 162 Å². The first kappa shape index (κ1) is 17.8. The van der Waals surface area contributed by atoms with Crippen LogP contribution in [0.1, 0.15) is 34.6 Å². The average Bonchev–Trinajstić information content (AvgIpc) is 3.21. The van der Waals surface area contributed by atoms with Crippen LogP contribution in [-0.4, -0.2) is 22.7 Å². The number of nitrogens with zero attached hydrogens (tertiary/aromatic N) is 2. The van der Waals surface area contributed by atoms with E-state index in [0.717, 1.165) is 22.6 Å². The standard InChI is InChI=1S/C21H20N4O3/c1-14(16-5-3-2-4-6-16)24-20(26)17-9-10-22-21(25-17)23-12-15-7-8-18-19(11-15)28-13-27-18/h2-11,14H,12-13H2,1H3,(H,24,26)(H,22,23,25). The van der Waals surface area contributed by atoms with Crippen molar-refractivity contribution in [1.82, 2.24) is 15.3 Å². The molecule has 1 aromatic heterocycles. The molecule has 7 nitrogen and oxygen atoms in total. The van der Waals surface area contributed by atoms with Crippen LogP contribution in [-0.2, 0) is 6.54 Å². The van der Waals surface area contributed by atoms with Crippen molar-refractivity contribution in [3.05, 3.63) is 77.6 Å². The predicted molar refractivity (Wildman–Crippen MR) is 104 cm³/mol. The lowest BCUT2D eigenvalue weighted by atomic mass is 10.1. The van der Waals surface area contributed by atoms with Crippen LogP contribution in [0.2, 0.25) is 0 Å². The first-order valence-corrected chi connectivity index (χ1v) is 9.00. The van der Waals surface area contributed by atoms with Gasteiger partial charge in [-0.15, -0.1) is 0 Å². The van der Waals surface area contributed by atoms with Crippen molar-refractivity contribution >= 4 is 11.9 Å². The van der Waals surface area contributed by atoms with Gasteiger partial charge in [0.05, 0.1) is 6.04 Å². The summed E-state index contributed by atoms with van der Waals surface area (Å²) in [7, 11) is 0. The van der Waals surface area contributed by atoms with E-state index in [1.807, 2.05) is 55.5 Å². The Kier molecular flexibility index (Phi) is 5.05. The van der Waals surface area contributed by atoms with Crippen molar-refractivity contribution in [2.75, 3.05) is 12.1 Å². The van der Waals surface area contributed by atoms with E-state index in [0.29, 0.717) is 18.2 Å². The molecule has 7 heteroatoms. The van der Waals surface area contributed by atoms with Crippen LogP contribution in [0, 0.1) is 0 Å². The van der Waals surface area contributed by atoms with E-state index in [9.17, 15) is 4.79 Å². The highest BCUT2D eigenvalue weighted by atomic mass is 16.7. The molecule has 0 spiro atoms. The minimum absolute atomic E-state index is 0.117. The van der Waals surface area contributed by atoms with Crippen LogP contribution in [0.15, 0.2) is 60.8 Å². The molecule has 0 saturated carbocycles. The summed E-state index contributed by atoms with van der Waals surface area (Å²) in [6.07, 6.45) is 1.57. The van der Waals surface area contributed by atoms with E-state index in [1.54, 1.807) is 12.3 Å². The number of anilines is 1. The zero-order valence-corrected chi connectivity index (χ0v) is 15.4. The molecule has 1 amide bonds. The Hall–Kier alpha value is -3.61. The summed E-state index contributed by atoms with van der Waals surface area (Å²) in [5.74, 6) is 1.61. The van der Waals surface area contributed by atoms with Crippen LogP contribution in [0.25, 0.3) is 0 Å². The van der Waals surface area contributed by atoms with E-state index >= 15 is 0 Å². The molecule has 0 radical (unpaired) electrons. The molecule has 1 unspecified atom stereocenters. The van der Waals surface area contributed by atoms with E-state index in [2.05, 4.69) is 20.6 Å². The molecule has 3 aromatic rings. The van der Waals surface area contributed by atoms with Gasteiger partial charge in [0, 0.05) is 12.7 Å². The molecule has 0 aliphatic carbocycles. The molecular formula is C21H20N4O3. The number of aromatic nitrogens is 2. The number of hydrogen-bond acceptors (Lipinski definition) is 6. The normalized spacial score (nSPS) is 13.0. The number of carbonyl (C=O) groups is 1. The van der Waals surface area contributed by atoms with E-state index in [4.69, 9.17) is 9.47 Å². The third-order valence-electron chi connectivity index (χ3n) is 4.42. The summed E-state index contributed by atoms with van der Waals surface area (Å²) in [6.45, 7) is 2.68. The maximum atomic E-state index is 12.5. The van der Waals surface area contributed by atoms with Crippen molar-refractivity contribution in [1.29, 1.82) is 0 Å². The van der Waals surface area contributed by atoms with E-state index < -0.39 is 0 Å². The fourth-order valence-corrected chi connectivity index (χ4v) is 2.90. The number of amides is 1. The van der Waals surface area contributed by atoms with E-state index in [-0.39, 0.29) is 18.7 Å². The first-order chi connectivity index (χ1) is 13.7. The van der Waals surface area contributed by atoms with Gasteiger partial charge in [0.2, 0.25) is 12.7 Å². The van der Waals surface area contributed by atoms with E-state index in [1.165, 1.54) is 0 Å². The van der Waals surface area contributed by atoms with Crippen molar-refractivity contribution in [2.45, 2.75) is 19.5 Å². The van der Waals surface area contributed by atoms with Gasteiger partial charge in [-0.05, 0) is 36.2 Å². The molecule has 28 heavy (non-hydrogen) atoms. The first-order valence-electron chi connectivity index (χ1n) is 9.00. The van der Waals surface area contributed by atoms with Gasteiger partial charge in [0.25, 0.3) is 5.91 Å². The number of nitrogens with one attached hydrogen (secondary N) is 2. The summed E-state index contributed by atoms with van der Waals surface area (Å²) >= 11 is 0. The molecule has 0 fully saturated rings. The molecule has 2 N–H and O–H groups in total. The van der Waals surface area contributed by atoms with Crippen LogP contribution < -0.4 is 20.1 Å². The largest absolute Gasteiger partial charge is 0.454 e. The molecule has 1 aliphatic rings. The molecular weight excluding hydrogens is 356 g/mol. The molecule has 0 saturated heterocycles. The van der Waals surface area contributed by atoms with Gasteiger partial charge in [0.1, 0.15) is 5.69 Å². The smallest absolute Gasteiger partial charge is 0.270 e. The third-order valence-corrected chi connectivity index (χ3v) is 4.42. The fraction of sp³-hybridized carbons (Fsp3) is 0.190. The van der Waals surface area contributed by atoms with Crippen LogP contribution >= 0.6 is 0 Å². The van der Waals surface area contributed by atoms with Crippen molar-refractivity contribution < 1.29 is 14.3 Å². The number of hydrogen-bond donors (Lipinski definition) is 2. The summed E-state index contributed by atoms with van der Waals surface area (Å²) in [5.41, 5.74) is 2.34. The third kappa shape index (κ3) is 4.03. The number of rotatable bonds is 6. The maximum absolute atomic E-state index is 12.5. The van der Waals surface area contributed by atoms with Crippen LogP contribution in [0.3, 0.4) is 0 Å². The van der Waals surface area contributed by atoms with Gasteiger partial charge >= 0.3 is 0 Å². The molecule has 0 bridgehead atoms. The number of benzene rings is 2. The Morgan fingerprint density at radius 3 is 2.79 bits per heavy atom. The molecule has 4 rings (SSSR count).